The molecule has 0 aliphatic rings. The number of benzene rings is 2. The zero-order valence-corrected chi connectivity index (χ0v) is 14.8. The van der Waals surface area contributed by atoms with E-state index in [0.29, 0.717) is 24.1 Å². The van der Waals surface area contributed by atoms with Gasteiger partial charge in [-0.25, -0.2) is 4.79 Å². The fourth-order valence-electron chi connectivity index (χ4n) is 3.08. The summed E-state index contributed by atoms with van der Waals surface area (Å²) >= 11 is 0. The lowest BCUT2D eigenvalue weighted by molar-refractivity contribution is 0.415. The molecule has 27 heavy (non-hydrogen) atoms. The highest BCUT2D eigenvalue weighted by atomic mass is 16.5. The maximum Gasteiger partial charge on any atom is 0.348 e. The number of fused-ring (bicyclic) bond motifs is 2. The Bertz CT molecular complexity index is 1200. The molecule has 0 fully saturated rings. The number of para-hydroxylation sites is 1. The molecule has 0 radical (unpaired) electrons. The number of methoxy groups -OCH3 is 1. The molecule has 0 spiro atoms. The normalized spacial score (nSPS) is 11.6. The predicted octanol–water partition coefficient (Wildman–Crippen LogP) is 3.58. The second-order valence-electron chi connectivity index (χ2n) is 6.12. The maximum atomic E-state index is 12.1. The molecule has 0 saturated carbocycles. The Labute approximate surface area is 155 Å². The van der Waals surface area contributed by atoms with Crippen molar-refractivity contribution in [1.29, 1.82) is 0 Å². The summed E-state index contributed by atoms with van der Waals surface area (Å²) in [5, 5.41) is 11.9. The van der Waals surface area contributed by atoms with Crippen LogP contribution in [0.2, 0.25) is 0 Å². The number of ether oxygens (including phenoxy) is 1. The van der Waals surface area contributed by atoms with Gasteiger partial charge in [-0.3, -0.25) is 4.99 Å². The van der Waals surface area contributed by atoms with Gasteiger partial charge in [0.1, 0.15) is 22.6 Å². The second-order valence-corrected chi connectivity index (χ2v) is 6.12. The molecule has 0 aliphatic carbocycles. The third-order valence-electron chi connectivity index (χ3n) is 4.49. The zero-order chi connectivity index (χ0) is 18.8. The molecule has 4 aromatic rings. The van der Waals surface area contributed by atoms with Gasteiger partial charge in [-0.1, -0.05) is 12.1 Å². The summed E-state index contributed by atoms with van der Waals surface area (Å²) in [6, 6.07) is 14.8. The average Bonchev–Trinajstić information content (AvgIpc) is 3.09. The van der Waals surface area contributed by atoms with Crippen molar-refractivity contribution >= 4 is 28.1 Å². The van der Waals surface area contributed by atoms with Gasteiger partial charge in [0.25, 0.3) is 0 Å². The van der Waals surface area contributed by atoms with Gasteiger partial charge in [0, 0.05) is 29.9 Å². The number of aliphatic imine (C=N–C) groups is 1. The van der Waals surface area contributed by atoms with E-state index in [1.165, 1.54) is 6.21 Å². The van der Waals surface area contributed by atoms with Crippen molar-refractivity contribution in [1.82, 2.24) is 4.57 Å². The molecule has 0 bridgehead atoms. The first-order valence-corrected chi connectivity index (χ1v) is 8.55. The minimum absolute atomic E-state index is 0.0656. The van der Waals surface area contributed by atoms with Crippen molar-refractivity contribution in [3.05, 3.63) is 70.7 Å². The molecule has 1 N–H and O–H groups in total. The van der Waals surface area contributed by atoms with Crippen molar-refractivity contribution in [2.75, 3.05) is 13.7 Å². The number of aromatic hydroxyl groups is 1. The van der Waals surface area contributed by atoms with Crippen LogP contribution in [0.1, 0.15) is 5.56 Å². The topological polar surface area (TPSA) is 77.0 Å². The summed E-state index contributed by atoms with van der Waals surface area (Å²) in [6.07, 6.45) is 3.36. The lowest BCUT2D eigenvalue weighted by Gasteiger charge is -2.05. The van der Waals surface area contributed by atoms with Crippen molar-refractivity contribution < 1.29 is 14.3 Å². The van der Waals surface area contributed by atoms with Crippen LogP contribution >= 0.6 is 0 Å². The molecule has 2 heterocycles. The average molecular weight is 362 g/mol. The molecule has 0 atom stereocenters. The molecular formula is C21H18N2O4. The van der Waals surface area contributed by atoms with Gasteiger partial charge < -0.3 is 18.8 Å². The third kappa shape index (κ3) is 3.17. The highest BCUT2D eigenvalue weighted by Crippen LogP contribution is 2.25. The van der Waals surface area contributed by atoms with E-state index in [2.05, 4.69) is 9.56 Å². The van der Waals surface area contributed by atoms with Gasteiger partial charge in [-0.15, -0.1) is 0 Å². The van der Waals surface area contributed by atoms with Crippen LogP contribution in [-0.2, 0) is 6.54 Å². The molecule has 2 aromatic heterocycles. The van der Waals surface area contributed by atoms with Crippen LogP contribution in [0.5, 0.6) is 11.5 Å². The monoisotopic (exact) mass is 362 g/mol. The second kappa shape index (κ2) is 6.99. The van der Waals surface area contributed by atoms with Crippen LogP contribution < -0.4 is 10.4 Å². The van der Waals surface area contributed by atoms with E-state index >= 15 is 0 Å². The van der Waals surface area contributed by atoms with E-state index < -0.39 is 5.63 Å². The quantitative estimate of drug-likeness (QED) is 0.435. The molecule has 0 saturated heterocycles. The van der Waals surface area contributed by atoms with Crippen molar-refractivity contribution in [2.45, 2.75) is 6.54 Å². The van der Waals surface area contributed by atoms with Crippen LogP contribution in [-0.4, -0.2) is 29.5 Å². The minimum Gasteiger partial charge on any atom is -0.506 e. The number of hydrogen-bond donors (Lipinski definition) is 1. The molecule has 4 rings (SSSR count). The third-order valence-corrected chi connectivity index (χ3v) is 4.49. The Kier molecular flexibility index (Phi) is 4.38. The lowest BCUT2D eigenvalue weighted by atomic mass is 10.1. The standard InChI is InChI=1S/C21H18N2O4/c1-26-15-6-7-18-14(12-15)8-10-23(18)11-9-22-13-17-20(24)16-4-2-3-5-19(16)27-21(17)25/h2-8,10,12-13,24H,9,11H2,1H3. The minimum atomic E-state index is -0.603. The molecule has 0 amide bonds. The fourth-order valence-corrected chi connectivity index (χ4v) is 3.08. The number of aromatic nitrogens is 1. The van der Waals surface area contributed by atoms with Crippen LogP contribution in [0.4, 0.5) is 0 Å². The zero-order valence-electron chi connectivity index (χ0n) is 14.8. The lowest BCUT2D eigenvalue weighted by Crippen LogP contribution is -2.08. The molecular weight excluding hydrogens is 344 g/mol. The predicted molar refractivity (Wildman–Crippen MR) is 105 cm³/mol. The van der Waals surface area contributed by atoms with Crippen LogP contribution in [0.3, 0.4) is 0 Å². The summed E-state index contributed by atoms with van der Waals surface area (Å²) in [5.74, 6) is 0.709. The van der Waals surface area contributed by atoms with Gasteiger partial charge in [-0.05, 0) is 36.4 Å². The highest BCUT2D eigenvalue weighted by Gasteiger charge is 2.11. The molecule has 6 heteroatoms. The molecule has 2 aromatic carbocycles. The summed E-state index contributed by atoms with van der Waals surface area (Å²) in [5.41, 5.74) is 0.898. The van der Waals surface area contributed by atoms with E-state index in [0.717, 1.165) is 16.7 Å². The largest absolute Gasteiger partial charge is 0.506 e. The van der Waals surface area contributed by atoms with Crippen LogP contribution in [0.25, 0.3) is 21.9 Å². The first kappa shape index (κ1) is 16.9. The molecule has 136 valence electrons. The SMILES string of the molecule is COc1ccc2c(ccn2CCN=Cc2c(O)c3ccccc3oc2=O)c1. The Balaban J connectivity index is 1.53. The number of rotatable bonds is 5. The van der Waals surface area contributed by atoms with Crippen molar-refractivity contribution in [2.24, 2.45) is 4.99 Å². The molecule has 0 unspecified atom stereocenters. The van der Waals surface area contributed by atoms with Crippen LogP contribution in [0.15, 0.2) is 68.9 Å². The number of hydrogen-bond acceptors (Lipinski definition) is 5. The Morgan fingerprint density at radius 2 is 2.07 bits per heavy atom. The molecule has 0 aliphatic heterocycles. The van der Waals surface area contributed by atoms with Crippen molar-refractivity contribution in [3.63, 3.8) is 0 Å². The van der Waals surface area contributed by atoms with E-state index in [1.54, 1.807) is 31.4 Å². The van der Waals surface area contributed by atoms with E-state index in [1.807, 2.05) is 30.5 Å². The Morgan fingerprint density at radius 1 is 1.22 bits per heavy atom. The van der Waals surface area contributed by atoms with E-state index in [-0.39, 0.29) is 11.3 Å². The first-order chi connectivity index (χ1) is 13.2. The fraction of sp³-hybridized carbons (Fsp3) is 0.143. The Morgan fingerprint density at radius 3 is 2.93 bits per heavy atom. The summed E-state index contributed by atoms with van der Waals surface area (Å²) in [4.78, 5) is 16.4. The van der Waals surface area contributed by atoms with E-state index in [4.69, 9.17) is 9.15 Å². The van der Waals surface area contributed by atoms with E-state index in [9.17, 15) is 9.90 Å². The van der Waals surface area contributed by atoms with Gasteiger partial charge in [0.05, 0.1) is 19.0 Å². The number of nitrogens with zero attached hydrogens (tertiary/aromatic N) is 2. The van der Waals surface area contributed by atoms with Gasteiger partial charge in [-0.2, -0.15) is 0 Å². The summed E-state index contributed by atoms with van der Waals surface area (Å²) in [6.45, 7) is 1.10. The summed E-state index contributed by atoms with van der Waals surface area (Å²) in [7, 11) is 1.64. The van der Waals surface area contributed by atoms with Gasteiger partial charge in [0.15, 0.2) is 0 Å². The van der Waals surface area contributed by atoms with Crippen LogP contribution in [0, 0.1) is 0 Å². The highest BCUT2D eigenvalue weighted by molar-refractivity contribution is 5.93. The van der Waals surface area contributed by atoms with Gasteiger partial charge >= 0.3 is 5.63 Å². The van der Waals surface area contributed by atoms with Crippen molar-refractivity contribution in [3.8, 4) is 11.5 Å². The summed E-state index contributed by atoms with van der Waals surface area (Å²) < 4.78 is 12.5. The van der Waals surface area contributed by atoms with Gasteiger partial charge in [0.2, 0.25) is 0 Å². The first-order valence-electron chi connectivity index (χ1n) is 8.55. The smallest absolute Gasteiger partial charge is 0.348 e. The maximum absolute atomic E-state index is 12.1. The Hall–Kier alpha value is -3.54. The molecule has 6 nitrogen and oxygen atoms in total.